The fourth-order valence-electron chi connectivity index (χ4n) is 2.77. The van der Waals surface area contributed by atoms with Crippen molar-refractivity contribution >= 4 is 11.8 Å². The molecule has 1 fully saturated rings. The summed E-state index contributed by atoms with van der Waals surface area (Å²) >= 11 is 0. The number of ketones is 1. The van der Waals surface area contributed by atoms with Crippen LogP contribution in [0.15, 0.2) is 24.3 Å². The summed E-state index contributed by atoms with van der Waals surface area (Å²) in [5, 5.41) is 12.5. The Bertz CT molecular complexity index is 530. The number of ether oxygens (including phenoxy) is 1. The summed E-state index contributed by atoms with van der Waals surface area (Å²) in [6.45, 7) is 5.56. The number of aromatic hydroxyl groups is 1. The summed E-state index contributed by atoms with van der Waals surface area (Å²) in [7, 11) is 0. The van der Waals surface area contributed by atoms with Gasteiger partial charge in [0.15, 0.2) is 0 Å². The topological polar surface area (TPSA) is 75.6 Å². The minimum Gasteiger partial charge on any atom is -0.508 e. The lowest BCUT2D eigenvalue weighted by atomic mass is 9.83. The molecule has 0 radical (unpaired) electrons. The molecule has 1 saturated heterocycles. The molecular formula is C17H23NO4. The predicted molar refractivity (Wildman–Crippen MR) is 82.6 cm³/mol. The fourth-order valence-corrected chi connectivity index (χ4v) is 2.77. The van der Waals surface area contributed by atoms with Crippen molar-refractivity contribution in [3.05, 3.63) is 29.8 Å². The Morgan fingerprint density at radius 2 is 1.82 bits per heavy atom. The highest BCUT2D eigenvalue weighted by Crippen LogP contribution is 2.29. The van der Waals surface area contributed by atoms with Crippen molar-refractivity contribution in [3.8, 4) is 5.75 Å². The number of Topliss-reactive ketones (excluding diaryl/α,β-unsaturated/α-hetero) is 1. The third-order valence-corrected chi connectivity index (χ3v) is 4.21. The number of benzene rings is 1. The number of piperidine rings is 1. The van der Waals surface area contributed by atoms with Gasteiger partial charge in [-0.05, 0) is 57.5 Å². The van der Waals surface area contributed by atoms with Gasteiger partial charge in [0, 0.05) is 12.3 Å². The zero-order valence-electron chi connectivity index (χ0n) is 13.1. The van der Waals surface area contributed by atoms with E-state index in [1.165, 1.54) is 12.1 Å². The van der Waals surface area contributed by atoms with Crippen LogP contribution >= 0.6 is 0 Å². The molecule has 2 N–H and O–H groups in total. The number of hydrogen-bond donors (Lipinski definition) is 2. The molecule has 1 aliphatic heterocycles. The van der Waals surface area contributed by atoms with Crippen LogP contribution in [0.1, 0.15) is 32.3 Å². The number of carbonyl (C=O) groups is 2. The summed E-state index contributed by atoms with van der Waals surface area (Å²) in [6.07, 6.45) is 1.86. The molecule has 0 unspecified atom stereocenters. The number of esters is 1. The lowest BCUT2D eigenvalue weighted by Gasteiger charge is -2.36. The second kappa shape index (κ2) is 6.92. The van der Waals surface area contributed by atoms with E-state index >= 15 is 0 Å². The first kappa shape index (κ1) is 16.5. The Morgan fingerprint density at radius 1 is 1.23 bits per heavy atom. The van der Waals surface area contributed by atoms with Crippen LogP contribution in [0.25, 0.3) is 0 Å². The highest BCUT2D eigenvalue weighted by molar-refractivity contribution is 6.34. The second-order valence-electron chi connectivity index (χ2n) is 6.28. The van der Waals surface area contributed by atoms with Crippen LogP contribution in [0.4, 0.5) is 0 Å². The maximum Gasteiger partial charge on any atom is 0.375 e. The molecule has 1 aromatic rings. The molecule has 2 rings (SSSR count). The Balaban J connectivity index is 1.92. The van der Waals surface area contributed by atoms with Gasteiger partial charge in [-0.2, -0.15) is 0 Å². The first-order valence-electron chi connectivity index (χ1n) is 7.63. The number of carbonyl (C=O) groups excluding carboxylic acids is 2. The number of phenols is 1. The minimum atomic E-state index is -0.781. The van der Waals surface area contributed by atoms with Gasteiger partial charge in [0.2, 0.25) is 5.78 Å². The van der Waals surface area contributed by atoms with E-state index in [0.29, 0.717) is 5.56 Å². The zero-order chi connectivity index (χ0) is 16.2. The minimum absolute atomic E-state index is 0.0125. The fraction of sp³-hybridized carbons (Fsp3) is 0.529. The molecule has 1 heterocycles. The molecule has 0 atom stereocenters. The van der Waals surface area contributed by atoms with Crippen LogP contribution < -0.4 is 5.32 Å². The molecule has 5 heteroatoms. The van der Waals surface area contributed by atoms with Gasteiger partial charge in [-0.3, -0.25) is 4.79 Å². The van der Waals surface area contributed by atoms with Crippen LogP contribution in [0.5, 0.6) is 5.75 Å². The molecule has 120 valence electrons. The van der Waals surface area contributed by atoms with E-state index in [2.05, 4.69) is 5.32 Å². The predicted octanol–water partition coefficient (Wildman–Crippen LogP) is 1.83. The molecule has 0 aliphatic carbocycles. The summed E-state index contributed by atoms with van der Waals surface area (Å²) in [4.78, 5) is 24.0. The van der Waals surface area contributed by atoms with Crippen LogP contribution in [0, 0.1) is 5.92 Å². The zero-order valence-corrected chi connectivity index (χ0v) is 13.1. The molecule has 1 aromatic carbocycles. The Kier molecular flexibility index (Phi) is 5.19. The molecule has 5 nitrogen and oxygen atoms in total. The van der Waals surface area contributed by atoms with Gasteiger partial charge in [-0.15, -0.1) is 0 Å². The van der Waals surface area contributed by atoms with Crippen LogP contribution in [-0.4, -0.2) is 35.5 Å². The SMILES string of the molecule is CC(C)(OC(=O)C(=O)Cc1ccc(O)cc1)C1CCNCC1. The maximum atomic E-state index is 12.0. The van der Waals surface area contributed by atoms with E-state index < -0.39 is 17.4 Å². The van der Waals surface area contributed by atoms with Crippen molar-refractivity contribution in [1.82, 2.24) is 5.32 Å². The lowest BCUT2D eigenvalue weighted by Crippen LogP contribution is -2.44. The molecule has 22 heavy (non-hydrogen) atoms. The smallest absolute Gasteiger partial charge is 0.375 e. The van der Waals surface area contributed by atoms with Crippen molar-refractivity contribution in [3.63, 3.8) is 0 Å². The van der Waals surface area contributed by atoms with E-state index in [0.717, 1.165) is 25.9 Å². The van der Waals surface area contributed by atoms with Crippen molar-refractivity contribution in [2.24, 2.45) is 5.92 Å². The average Bonchev–Trinajstić information content (AvgIpc) is 2.50. The Labute approximate surface area is 130 Å². The number of nitrogens with one attached hydrogen (secondary N) is 1. The van der Waals surface area contributed by atoms with Crippen LogP contribution in [0.2, 0.25) is 0 Å². The summed E-state index contributed by atoms with van der Waals surface area (Å²) in [5.74, 6) is -0.950. The van der Waals surface area contributed by atoms with Crippen LogP contribution in [-0.2, 0) is 20.7 Å². The number of phenolic OH excluding ortho intramolecular Hbond substituents is 1. The summed E-state index contributed by atoms with van der Waals surface area (Å²) < 4.78 is 5.47. The quantitative estimate of drug-likeness (QED) is 0.641. The normalized spacial score (nSPS) is 16.3. The molecule has 0 aromatic heterocycles. The van der Waals surface area contributed by atoms with Gasteiger partial charge in [0.1, 0.15) is 11.4 Å². The van der Waals surface area contributed by atoms with Crippen molar-refractivity contribution in [2.45, 2.75) is 38.7 Å². The van der Waals surface area contributed by atoms with Crippen LogP contribution in [0.3, 0.4) is 0 Å². The highest BCUT2D eigenvalue weighted by atomic mass is 16.6. The molecular weight excluding hydrogens is 282 g/mol. The maximum absolute atomic E-state index is 12.0. The average molecular weight is 305 g/mol. The second-order valence-corrected chi connectivity index (χ2v) is 6.28. The van der Waals surface area contributed by atoms with E-state index in [9.17, 15) is 14.7 Å². The molecule has 1 aliphatic rings. The van der Waals surface area contributed by atoms with E-state index in [4.69, 9.17) is 4.74 Å². The molecule has 0 saturated carbocycles. The van der Waals surface area contributed by atoms with Gasteiger partial charge < -0.3 is 15.2 Å². The van der Waals surface area contributed by atoms with Crippen molar-refractivity contribution in [2.75, 3.05) is 13.1 Å². The number of hydrogen-bond acceptors (Lipinski definition) is 5. The Hall–Kier alpha value is -1.88. The lowest BCUT2D eigenvalue weighted by molar-refractivity contribution is -0.168. The summed E-state index contributed by atoms with van der Waals surface area (Å²) in [5.41, 5.74) is 0.0449. The van der Waals surface area contributed by atoms with E-state index in [1.54, 1.807) is 12.1 Å². The van der Waals surface area contributed by atoms with Gasteiger partial charge in [-0.25, -0.2) is 4.79 Å². The van der Waals surface area contributed by atoms with E-state index in [1.807, 2.05) is 13.8 Å². The van der Waals surface area contributed by atoms with Gasteiger partial charge in [0.25, 0.3) is 0 Å². The Morgan fingerprint density at radius 3 is 2.41 bits per heavy atom. The standard InChI is InChI=1S/C17H23NO4/c1-17(2,13-7-9-18-10-8-13)22-16(21)15(20)11-12-3-5-14(19)6-4-12/h3-6,13,18-19H,7-11H2,1-2H3. The monoisotopic (exact) mass is 305 g/mol. The van der Waals surface area contributed by atoms with Gasteiger partial charge in [0.05, 0.1) is 0 Å². The third kappa shape index (κ3) is 4.31. The number of rotatable bonds is 5. The van der Waals surface area contributed by atoms with Gasteiger partial charge >= 0.3 is 5.97 Å². The molecule has 0 amide bonds. The van der Waals surface area contributed by atoms with Crippen molar-refractivity contribution in [1.29, 1.82) is 0 Å². The van der Waals surface area contributed by atoms with Crippen molar-refractivity contribution < 1.29 is 19.4 Å². The third-order valence-electron chi connectivity index (χ3n) is 4.21. The largest absolute Gasteiger partial charge is 0.508 e. The van der Waals surface area contributed by atoms with E-state index in [-0.39, 0.29) is 18.1 Å². The molecule has 0 spiro atoms. The highest BCUT2D eigenvalue weighted by Gasteiger charge is 2.35. The first-order valence-corrected chi connectivity index (χ1v) is 7.63. The molecule has 0 bridgehead atoms. The van der Waals surface area contributed by atoms with Gasteiger partial charge in [-0.1, -0.05) is 12.1 Å². The first-order chi connectivity index (χ1) is 10.4. The summed E-state index contributed by atoms with van der Waals surface area (Å²) in [6, 6.07) is 6.23.